The first-order chi connectivity index (χ1) is 14.1. The first-order valence-electron chi connectivity index (χ1n) is 10.1. The van der Waals surface area contributed by atoms with Gasteiger partial charge in [0.05, 0.1) is 31.5 Å². The van der Waals surface area contributed by atoms with E-state index < -0.39 is 0 Å². The van der Waals surface area contributed by atoms with Gasteiger partial charge in [0.25, 0.3) is 0 Å². The van der Waals surface area contributed by atoms with Crippen LogP contribution in [0.5, 0.6) is 0 Å². The Kier molecular flexibility index (Phi) is 6.28. The molecule has 0 radical (unpaired) electrons. The molecule has 0 aliphatic carbocycles. The molecule has 1 unspecified atom stereocenters. The lowest BCUT2D eigenvalue weighted by Gasteiger charge is -2.38. The number of benzene rings is 1. The predicted octanol–water partition coefficient (Wildman–Crippen LogP) is 2.77. The van der Waals surface area contributed by atoms with Gasteiger partial charge in [0.15, 0.2) is 0 Å². The minimum absolute atomic E-state index is 0.103. The number of carbonyl (C=O) groups is 1. The fourth-order valence-corrected chi connectivity index (χ4v) is 4.20. The number of morpholine rings is 1. The molecule has 1 atom stereocenters. The molecule has 0 spiro atoms. The maximum Gasteiger partial charge on any atom is 0.237 e. The summed E-state index contributed by atoms with van der Waals surface area (Å²) in [4.78, 5) is 26.1. The minimum atomic E-state index is -0.103. The fraction of sp³-hybridized carbons (Fsp3) is 0.476. The third-order valence-electron chi connectivity index (χ3n) is 5.59. The highest BCUT2D eigenvalue weighted by Crippen LogP contribution is 2.36. The van der Waals surface area contributed by atoms with E-state index in [0.29, 0.717) is 24.8 Å². The van der Waals surface area contributed by atoms with Gasteiger partial charge in [0.2, 0.25) is 11.9 Å². The van der Waals surface area contributed by atoms with E-state index in [1.54, 1.807) is 6.20 Å². The highest BCUT2D eigenvalue weighted by atomic mass is 35.5. The topological polar surface area (TPSA) is 84.6 Å². The Bertz CT molecular complexity index is 855. The van der Waals surface area contributed by atoms with Crippen LogP contribution in [0.25, 0.3) is 11.1 Å². The summed E-state index contributed by atoms with van der Waals surface area (Å²) in [6.07, 6.45) is 4.67. The molecule has 2 aliphatic heterocycles. The quantitative estimate of drug-likeness (QED) is 0.826. The van der Waals surface area contributed by atoms with Crippen LogP contribution in [0.4, 0.5) is 5.95 Å². The standard InChI is InChI=1S/C21H26ClN5O2/c22-16-6-4-15(5-7-16)17-13-24-21(23)25-20(17)18-3-1-2-8-27(18)19(28)14-26-9-11-29-12-10-26/h4-7,13,18H,1-3,8-12,14H2,(H2,23,24,25). The fourth-order valence-electron chi connectivity index (χ4n) is 4.07. The van der Waals surface area contributed by atoms with E-state index in [2.05, 4.69) is 14.9 Å². The van der Waals surface area contributed by atoms with Crippen molar-refractivity contribution < 1.29 is 9.53 Å². The van der Waals surface area contributed by atoms with Crippen LogP contribution in [0.2, 0.25) is 5.02 Å². The van der Waals surface area contributed by atoms with Crippen LogP contribution in [0.3, 0.4) is 0 Å². The third kappa shape index (κ3) is 4.69. The van der Waals surface area contributed by atoms with Crippen LogP contribution < -0.4 is 5.73 Å². The molecule has 0 bridgehead atoms. The van der Waals surface area contributed by atoms with Crippen molar-refractivity contribution in [1.82, 2.24) is 19.8 Å². The summed E-state index contributed by atoms with van der Waals surface area (Å²) in [5, 5.41) is 0.673. The first kappa shape index (κ1) is 20.1. The second kappa shape index (κ2) is 9.07. The molecule has 1 aromatic carbocycles. The number of hydrogen-bond acceptors (Lipinski definition) is 6. The molecule has 2 aromatic rings. The van der Waals surface area contributed by atoms with Crippen molar-refractivity contribution in [2.24, 2.45) is 0 Å². The van der Waals surface area contributed by atoms with Crippen LogP contribution in [0.1, 0.15) is 31.0 Å². The van der Waals surface area contributed by atoms with E-state index in [1.165, 1.54) is 0 Å². The van der Waals surface area contributed by atoms with Crippen molar-refractivity contribution in [3.63, 3.8) is 0 Å². The van der Waals surface area contributed by atoms with Crippen molar-refractivity contribution in [2.75, 3.05) is 45.1 Å². The highest BCUT2D eigenvalue weighted by molar-refractivity contribution is 6.30. The number of rotatable bonds is 4. The summed E-state index contributed by atoms with van der Waals surface area (Å²) in [6.45, 7) is 4.09. The number of amides is 1. The number of nitrogens with zero attached hydrogens (tertiary/aromatic N) is 4. The minimum Gasteiger partial charge on any atom is -0.379 e. The molecule has 154 valence electrons. The molecule has 7 nitrogen and oxygen atoms in total. The Morgan fingerprint density at radius 2 is 1.93 bits per heavy atom. The number of nitrogens with two attached hydrogens (primary N) is 1. The molecule has 1 amide bonds. The van der Waals surface area contributed by atoms with Gasteiger partial charge in [-0.1, -0.05) is 23.7 Å². The van der Waals surface area contributed by atoms with Gasteiger partial charge in [-0.25, -0.2) is 9.97 Å². The Labute approximate surface area is 175 Å². The summed E-state index contributed by atoms with van der Waals surface area (Å²) in [6, 6.07) is 7.49. The van der Waals surface area contributed by atoms with E-state index in [0.717, 1.165) is 55.7 Å². The molecular formula is C21H26ClN5O2. The van der Waals surface area contributed by atoms with Crippen molar-refractivity contribution in [2.45, 2.75) is 25.3 Å². The number of aromatic nitrogens is 2. The average molecular weight is 416 g/mol. The van der Waals surface area contributed by atoms with Crippen molar-refractivity contribution in [1.29, 1.82) is 0 Å². The lowest BCUT2D eigenvalue weighted by Crippen LogP contribution is -2.47. The van der Waals surface area contributed by atoms with E-state index in [-0.39, 0.29) is 17.9 Å². The molecule has 2 saturated heterocycles. The predicted molar refractivity (Wildman–Crippen MR) is 112 cm³/mol. The van der Waals surface area contributed by atoms with E-state index in [4.69, 9.17) is 22.1 Å². The zero-order valence-corrected chi connectivity index (χ0v) is 17.1. The van der Waals surface area contributed by atoms with Crippen LogP contribution in [0.15, 0.2) is 30.5 Å². The number of piperidine rings is 1. The second-order valence-corrected chi connectivity index (χ2v) is 7.96. The highest BCUT2D eigenvalue weighted by Gasteiger charge is 2.32. The SMILES string of the molecule is Nc1ncc(-c2ccc(Cl)cc2)c(C2CCCCN2C(=O)CN2CCOCC2)n1. The number of hydrogen-bond donors (Lipinski definition) is 1. The molecule has 8 heteroatoms. The zero-order valence-electron chi connectivity index (χ0n) is 16.4. The lowest BCUT2D eigenvalue weighted by atomic mass is 9.93. The summed E-state index contributed by atoms with van der Waals surface area (Å²) >= 11 is 6.05. The van der Waals surface area contributed by atoms with Crippen molar-refractivity contribution in [3.8, 4) is 11.1 Å². The number of likely N-dealkylation sites (tertiary alicyclic amines) is 1. The summed E-state index contributed by atoms with van der Waals surface area (Å²) in [5.74, 6) is 0.361. The number of carbonyl (C=O) groups excluding carboxylic acids is 1. The van der Waals surface area contributed by atoms with Gasteiger partial charge in [-0.2, -0.15) is 0 Å². The Hall–Kier alpha value is -2.22. The van der Waals surface area contributed by atoms with E-state index in [9.17, 15) is 4.79 Å². The monoisotopic (exact) mass is 415 g/mol. The number of anilines is 1. The molecule has 3 heterocycles. The summed E-state index contributed by atoms with van der Waals surface area (Å²) < 4.78 is 5.40. The zero-order chi connectivity index (χ0) is 20.2. The summed E-state index contributed by atoms with van der Waals surface area (Å²) in [7, 11) is 0. The normalized spacial score (nSPS) is 20.6. The molecule has 2 N–H and O–H groups in total. The van der Waals surface area contributed by atoms with Gasteiger partial charge in [0, 0.05) is 36.4 Å². The van der Waals surface area contributed by atoms with Gasteiger partial charge in [0.1, 0.15) is 0 Å². The summed E-state index contributed by atoms with van der Waals surface area (Å²) in [5.41, 5.74) is 8.62. The van der Waals surface area contributed by atoms with Crippen LogP contribution in [-0.2, 0) is 9.53 Å². The molecule has 1 aromatic heterocycles. The third-order valence-corrected chi connectivity index (χ3v) is 5.85. The maximum absolute atomic E-state index is 13.2. The van der Waals surface area contributed by atoms with E-state index >= 15 is 0 Å². The first-order valence-corrected chi connectivity index (χ1v) is 10.5. The van der Waals surface area contributed by atoms with Crippen LogP contribution in [-0.4, -0.2) is 65.1 Å². The molecule has 2 fully saturated rings. The van der Waals surface area contributed by atoms with Gasteiger partial charge in [-0.05, 0) is 37.0 Å². The second-order valence-electron chi connectivity index (χ2n) is 7.52. The van der Waals surface area contributed by atoms with Gasteiger partial charge in [-0.3, -0.25) is 9.69 Å². The molecular weight excluding hydrogens is 390 g/mol. The van der Waals surface area contributed by atoms with Gasteiger partial charge < -0.3 is 15.4 Å². The number of ether oxygens (including phenoxy) is 1. The van der Waals surface area contributed by atoms with E-state index in [1.807, 2.05) is 29.2 Å². The van der Waals surface area contributed by atoms with Crippen LogP contribution in [0, 0.1) is 0 Å². The lowest BCUT2D eigenvalue weighted by molar-refractivity contribution is -0.137. The smallest absolute Gasteiger partial charge is 0.237 e. The van der Waals surface area contributed by atoms with Gasteiger partial charge >= 0.3 is 0 Å². The maximum atomic E-state index is 13.2. The number of halogens is 1. The van der Waals surface area contributed by atoms with Gasteiger partial charge in [-0.15, -0.1) is 0 Å². The average Bonchev–Trinajstić information content (AvgIpc) is 2.75. The molecule has 0 saturated carbocycles. The van der Waals surface area contributed by atoms with Crippen LogP contribution >= 0.6 is 11.6 Å². The van der Waals surface area contributed by atoms with Crippen molar-refractivity contribution >= 4 is 23.5 Å². The Balaban J connectivity index is 1.63. The molecule has 2 aliphatic rings. The Morgan fingerprint density at radius 3 is 2.69 bits per heavy atom. The molecule has 29 heavy (non-hydrogen) atoms. The van der Waals surface area contributed by atoms with Crippen molar-refractivity contribution in [3.05, 3.63) is 41.2 Å². The Morgan fingerprint density at radius 1 is 1.17 bits per heavy atom. The number of nitrogen functional groups attached to an aromatic ring is 1. The largest absolute Gasteiger partial charge is 0.379 e. The molecule has 4 rings (SSSR count).